The van der Waals surface area contributed by atoms with Crippen LogP contribution in [0.3, 0.4) is 0 Å². The van der Waals surface area contributed by atoms with Crippen LogP contribution in [0, 0.1) is 52.4 Å². The van der Waals surface area contributed by atoms with Gasteiger partial charge in [0.15, 0.2) is 0 Å². The summed E-state index contributed by atoms with van der Waals surface area (Å²) >= 11 is 3.96. The molecule has 0 radical (unpaired) electrons. The Morgan fingerprint density at radius 2 is 1.09 bits per heavy atom. The van der Waals surface area contributed by atoms with Crippen LogP contribution in [0.1, 0.15) is 60.1 Å². The summed E-state index contributed by atoms with van der Waals surface area (Å²) < 4.78 is 3.55. The van der Waals surface area contributed by atoms with Gasteiger partial charge in [-0.1, -0.05) is 44.7 Å². The van der Waals surface area contributed by atoms with Gasteiger partial charge in [-0.2, -0.15) is 0 Å². The third-order valence-electron chi connectivity index (χ3n) is 7.18. The number of hydrogen-bond acceptors (Lipinski definition) is 3. The van der Waals surface area contributed by atoms with Crippen molar-refractivity contribution in [3.63, 3.8) is 0 Å². The fourth-order valence-electron chi connectivity index (χ4n) is 4.82. The van der Waals surface area contributed by atoms with Crippen molar-refractivity contribution in [2.24, 2.45) is 17.8 Å². The molecule has 1 saturated carbocycles. The van der Waals surface area contributed by atoms with Crippen molar-refractivity contribution in [2.45, 2.75) is 71.8 Å². The van der Waals surface area contributed by atoms with E-state index in [2.05, 4.69) is 59.5 Å². The summed E-state index contributed by atoms with van der Waals surface area (Å²) in [6, 6.07) is 0. The molecule has 1 aromatic rings. The van der Waals surface area contributed by atoms with Crippen molar-refractivity contribution < 1.29 is 0 Å². The van der Waals surface area contributed by atoms with Gasteiger partial charge in [-0.25, -0.2) is 4.13 Å². The maximum atomic E-state index is 3.55. The quantitative estimate of drug-likeness (QED) is 0.637. The zero-order valence-electron chi connectivity index (χ0n) is 15.8. The van der Waals surface area contributed by atoms with E-state index in [1.54, 1.807) is 16.7 Å². The topological polar surface area (TPSA) is 12.0 Å². The van der Waals surface area contributed by atoms with Gasteiger partial charge in [0.05, 0.1) is 0 Å². The largest absolute Gasteiger partial charge is 0.207 e. The number of fused-ring (bicyclic) bond motifs is 1. The van der Waals surface area contributed by atoms with Crippen molar-refractivity contribution in [1.82, 2.24) is 4.13 Å². The molecule has 2 fully saturated rings. The highest BCUT2D eigenvalue weighted by molar-refractivity contribution is 8.16. The van der Waals surface area contributed by atoms with E-state index in [-0.39, 0.29) is 0 Å². The highest BCUT2D eigenvalue weighted by Gasteiger charge is 2.50. The smallest absolute Gasteiger partial charge is 0.0406 e. The van der Waals surface area contributed by atoms with Crippen LogP contribution in [0.25, 0.3) is 0 Å². The van der Waals surface area contributed by atoms with Crippen LogP contribution in [-0.4, -0.2) is 10.5 Å². The van der Waals surface area contributed by atoms with Crippen molar-refractivity contribution in [2.75, 3.05) is 0 Å². The lowest BCUT2D eigenvalue weighted by Crippen LogP contribution is -2.44. The molecule has 1 saturated heterocycles. The molecule has 23 heavy (non-hydrogen) atoms. The molecule has 0 spiro atoms. The molecule has 6 atom stereocenters. The molecule has 1 nitrogen and oxygen atoms in total. The lowest BCUT2D eigenvalue weighted by Gasteiger charge is -2.46. The molecule has 3 heteroatoms. The first-order chi connectivity index (χ1) is 10.8. The van der Waals surface area contributed by atoms with Crippen LogP contribution in [0.2, 0.25) is 0 Å². The average molecular weight is 350 g/mol. The van der Waals surface area contributed by atoms with Gasteiger partial charge in [0.25, 0.3) is 0 Å². The van der Waals surface area contributed by atoms with Crippen LogP contribution >= 0.6 is 23.9 Å². The Bertz CT molecular complexity index is 596. The minimum atomic E-state index is 0.664. The number of rotatable bonds is 1. The predicted molar refractivity (Wildman–Crippen MR) is 106 cm³/mol. The Hall–Kier alpha value is -0.120. The van der Waals surface area contributed by atoms with Crippen LogP contribution in [0.15, 0.2) is 0 Å². The van der Waals surface area contributed by atoms with Gasteiger partial charge in [-0.05, 0) is 85.8 Å². The Balaban J connectivity index is 2.17. The molecule has 1 heterocycles. The van der Waals surface area contributed by atoms with E-state index in [0.29, 0.717) is 11.2 Å². The fourth-order valence-corrected chi connectivity index (χ4v) is 7.94. The molecular formula is C20H31NS2. The minimum absolute atomic E-state index is 0.664. The maximum absolute atomic E-state index is 3.55. The molecule has 1 aromatic carbocycles. The number of hydrogen-bond donors (Lipinski definition) is 1. The van der Waals surface area contributed by atoms with Crippen molar-refractivity contribution >= 4 is 23.9 Å². The SMILES string of the molecule is Cc1c(C)c(C)c(C2C(C)C(C)C(C)C3SNSC32)c(C)c1C. The van der Waals surface area contributed by atoms with Crippen LogP contribution in [0.5, 0.6) is 0 Å². The summed E-state index contributed by atoms with van der Waals surface area (Å²) in [7, 11) is 0. The van der Waals surface area contributed by atoms with Gasteiger partial charge in [0, 0.05) is 16.4 Å². The van der Waals surface area contributed by atoms with Crippen LogP contribution in [0.4, 0.5) is 0 Å². The Morgan fingerprint density at radius 1 is 0.609 bits per heavy atom. The Kier molecular flexibility index (Phi) is 4.85. The van der Waals surface area contributed by atoms with Crippen molar-refractivity contribution in [1.29, 1.82) is 0 Å². The third-order valence-corrected chi connectivity index (χ3v) is 9.98. The summed E-state index contributed by atoms with van der Waals surface area (Å²) in [5.74, 6) is 2.96. The first-order valence-corrected chi connectivity index (χ1v) is 10.7. The second-order valence-corrected chi connectivity index (χ2v) is 10.1. The van der Waals surface area contributed by atoms with E-state index in [0.717, 1.165) is 23.0 Å². The molecule has 6 unspecified atom stereocenters. The van der Waals surface area contributed by atoms with E-state index >= 15 is 0 Å². The second-order valence-electron chi connectivity index (χ2n) is 7.89. The third kappa shape index (κ3) is 2.58. The lowest BCUT2D eigenvalue weighted by atomic mass is 9.64. The highest BCUT2D eigenvalue weighted by atomic mass is 32.2. The van der Waals surface area contributed by atoms with Crippen molar-refractivity contribution in [3.8, 4) is 0 Å². The molecular weight excluding hydrogens is 318 g/mol. The van der Waals surface area contributed by atoms with E-state index in [1.165, 1.54) is 16.7 Å². The van der Waals surface area contributed by atoms with Crippen LogP contribution < -0.4 is 4.13 Å². The maximum Gasteiger partial charge on any atom is 0.0406 e. The second kappa shape index (κ2) is 6.31. The molecule has 128 valence electrons. The van der Waals surface area contributed by atoms with Gasteiger partial charge in [-0.3, -0.25) is 0 Å². The first kappa shape index (κ1) is 17.7. The summed E-state index contributed by atoms with van der Waals surface area (Å²) in [4.78, 5) is 0. The summed E-state index contributed by atoms with van der Waals surface area (Å²) in [5.41, 5.74) is 9.23. The van der Waals surface area contributed by atoms with Gasteiger partial charge in [-0.15, -0.1) is 0 Å². The molecule has 0 aromatic heterocycles. The monoisotopic (exact) mass is 349 g/mol. The Morgan fingerprint density at radius 3 is 1.65 bits per heavy atom. The lowest BCUT2D eigenvalue weighted by molar-refractivity contribution is 0.182. The zero-order valence-corrected chi connectivity index (χ0v) is 17.4. The normalized spacial score (nSPS) is 37.0. The van der Waals surface area contributed by atoms with Crippen LogP contribution in [-0.2, 0) is 0 Å². The fraction of sp³-hybridized carbons (Fsp3) is 0.700. The molecule has 1 aliphatic carbocycles. The van der Waals surface area contributed by atoms with Crippen molar-refractivity contribution in [3.05, 3.63) is 33.4 Å². The minimum Gasteiger partial charge on any atom is -0.207 e. The van der Waals surface area contributed by atoms with Gasteiger partial charge < -0.3 is 0 Å². The zero-order chi connectivity index (χ0) is 17.0. The van der Waals surface area contributed by atoms with Gasteiger partial charge in [0.1, 0.15) is 0 Å². The van der Waals surface area contributed by atoms with E-state index in [1.807, 2.05) is 23.9 Å². The molecule has 0 amide bonds. The predicted octanol–water partition coefficient (Wildman–Crippen LogP) is 5.87. The summed E-state index contributed by atoms with van der Waals surface area (Å²) in [6.45, 7) is 19.0. The molecule has 0 bridgehead atoms. The summed E-state index contributed by atoms with van der Waals surface area (Å²) in [6.07, 6.45) is 0. The molecule has 1 N–H and O–H groups in total. The van der Waals surface area contributed by atoms with E-state index < -0.39 is 0 Å². The first-order valence-electron chi connectivity index (χ1n) is 8.90. The summed E-state index contributed by atoms with van der Waals surface area (Å²) in [5, 5.41) is 1.43. The Labute approximate surface area is 151 Å². The standard InChI is InChI=1S/C20H31NS2/c1-9-10(2)13(5)17(14(6)11(9)3)18-15(7)12(4)16(8)19-20(18)23-21-22-19/h12,15-16,18-21H,1-8H3. The highest BCUT2D eigenvalue weighted by Crippen LogP contribution is 2.56. The molecule has 1 aliphatic heterocycles. The molecule has 2 aliphatic rings. The number of benzene rings is 1. The van der Waals surface area contributed by atoms with E-state index in [4.69, 9.17) is 0 Å². The van der Waals surface area contributed by atoms with Gasteiger partial charge in [0.2, 0.25) is 0 Å². The van der Waals surface area contributed by atoms with Gasteiger partial charge >= 0.3 is 0 Å². The average Bonchev–Trinajstić information content (AvgIpc) is 3.01. The molecule has 3 rings (SSSR count). The number of nitrogens with one attached hydrogen (secondary N) is 1. The van der Waals surface area contributed by atoms with E-state index in [9.17, 15) is 0 Å².